The van der Waals surface area contributed by atoms with Gasteiger partial charge in [-0.3, -0.25) is 0 Å². The van der Waals surface area contributed by atoms with Crippen molar-refractivity contribution in [2.24, 2.45) is 5.92 Å². The second-order valence-electron chi connectivity index (χ2n) is 2.69. The highest BCUT2D eigenvalue weighted by atomic mass is 14.1. The summed E-state index contributed by atoms with van der Waals surface area (Å²) in [6, 6.07) is 0. The molecular weight excluding hydrogens is 96.1 g/mol. The molecular formula is C8H12. The van der Waals surface area contributed by atoms with Crippen LogP contribution in [0.2, 0.25) is 0 Å². The van der Waals surface area contributed by atoms with Crippen LogP contribution in [0.5, 0.6) is 0 Å². The molecule has 0 fully saturated rings. The van der Waals surface area contributed by atoms with Gasteiger partial charge in [-0.15, -0.1) is 5.73 Å². The third-order valence-corrected chi connectivity index (χ3v) is 1.76. The number of allylic oxidation sites excluding steroid dienone is 1. The van der Waals surface area contributed by atoms with E-state index in [1.165, 1.54) is 17.6 Å². The van der Waals surface area contributed by atoms with Gasteiger partial charge in [-0.25, -0.2) is 0 Å². The zero-order chi connectivity index (χ0) is 6.15. The van der Waals surface area contributed by atoms with Crippen molar-refractivity contribution in [1.82, 2.24) is 0 Å². The molecule has 1 unspecified atom stereocenters. The lowest BCUT2D eigenvalue weighted by Gasteiger charge is -2.00. The van der Waals surface area contributed by atoms with E-state index in [1.807, 2.05) is 0 Å². The van der Waals surface area contributed by atoms with E-state index in [0.717, 1.165) is 5.92 Å². The van der Waals surface area contributed by atoms with Crippen molar-refractivity contribution in [3.63, 3.8) is 0 Å². The highest BCUT2D eigenvalue weighted by Crippen LogP contribution is 2.23. The first kappa shape index (κ1) is 5.65. The molecule has 0 amide bonds. The lowest BCUT2D eigenvalue weighted by Crippen LogP contribution is -1.88. The molecule has 0 heteroatoms. The topological polar surface area (TPSA) is 0 Å². The summed E-state index contributed by atoms with van der Waals surface area (Å²) in [7, 11) is 0. The Bertz CT molecular complexity index is 157. The average Bonchev–Trinajstić information content (AvgIpc) is 1.85. The monoisotopic (exact) mass is 108 g/mol. The summed E-state index contributed by atoms with van der Waals surface area (Å²) in [5.74, 6) is 0.759. The molecule has 0 radical (unpaired) electrons. The van der Waals surface area contributed by atoms with Gasteiger partial charge in [-0.2, -0.15) is 0 Å². The molecule has 0 saturated carbocycles. The van der Waals surface area contributed by atoms with Gasteiger partial charge in [0.05, 0.1) is 0 Å². The molecule has 0 heterocycles. The summed E-state index contributed by atoms with van der Waals surface area (Å²) in [5, 5.41) is 0. The number of hydrogen-bond acceptors (Lipinski definition) is 0. The van der Waals surface area contributed by atoms with Crippen LogP contribution in [0.4, 0.5) is 0 Å². The minimum atomic E-state index is 0.759. The van der Waals surface area contributed by atoms with Crippen LogP contribution in [-0.2, 0) is 0 Å². The minimum absolute atomic E-state index is 0.759. The maximum atomic E-state index is 3.30. The lowest BCUT2D eigenvalue weighted by atomic mass is 10.0. The molecule has 8 heavy (non-hydrogen) atoms. The van der Waals surface area contributed by atoms with E-state index < -0.39 is 0 Å². The summed E-state index contributed by atoms with van der Waals surface area (Å²) < 4.78 is 0. The number of hydrogen-bond donors (Lipinski definition) is 0. The quantitative estimate of drug-likeness (QED) is 0.418. The second kappa shape index (κ2) is 1.80. The van der Waals surface area contributed by atoms with Crippen LogP contribution in [0.25, 0.3) is 0 Å². The third-order valence-electron chi connectivity index (χ3n) is 1.76. The smallest absolute Gasteiger partial charge is 0.0115 e. The summed E-state index contributed by atoms with van der Waals surface area (Å²) in [5.41, 5.74) is 6.13. The third kappa shape index (κ3) is 0.850. The SMILES string of the molecule is CC1=C=C(C)C(C)C1. The Labute approximate surface area is 50.9 Å². The summed E-state index contributed by atoms with van der Waals surface area (Å²) in [6.07, 6.45) is 1.23. The second-order valence-corrected chi connectivity index (χ2v) is 2.69. The molecule has 44 valence electrons. The van der Waals surface area contributed by atoms with Crippen molar-refractivity contribution in [3.8, 4) is 0 Å². The van der Waals surface area contributed by atoms with Crippen molar-refractivity contribution in [3.05, 3.63) is 16.9 Å². The Balaban J connectivity index is 2.80. The lowest BCUT2D eigenvalue weighted by molar-refractivity contribution is 0.700. The van der Waals surface area contributed by atoms with Crippen molar-refractivity contribution in [1.29, 1.82) is 0 Å². The molecule has 0 nitrogen and oxygen atoms in total. The van der Waals surface area contributed by atoms with Gasteiger partial charge < -0.3 is 0 Å². The van der Waals surface area contributed by atoms with Crippen LogP contribution in [-0.4, -0.2) is 0 Å². The van der Waals surface area contributed by atoms with Gasteiger partial charge in [-0.05, 0) is 37.3 Å². The molecule has 1 aliphatic carbocycles. The van der Waals surface area contributed by atoms with Crippen LogP contribution < -0.4 is 0 Å². The maximum Gasteiger partial charge on any atom is -0.0115 e. The molecule has 0 aromatic heterocycles. The van der Waals surface area contributed by atoms with Crippen molar-refractivity contribution in [2.75, 3.05) is 0 Å². The summed E-state index contributed by atoms with van der Waals surface area (Å²) in [6.45, 7) is 6.55. The zero-order valence-corrected chi connectivity index (χ0v) is 5.78. The average molecular weight is 108 g/mol. The van der Waals surface area contributed by atoms with Crippen LogP contribution in [0.15, 0.2) is 16.9 Å². The first-order chi connectivity index (χ1) is 3.70. The summed E-state index contributed by atoms with van der Waals surface area (Å²) >= 11 is 0. The minimum Gasteiger partial charge on any atom is -0.123 e. The molecule has 0 aromatic rings. The molecule has 1 rings (SSSR count). The fraction of sp³-hybridized carbons (Fsp3) is 0.625. The Hall–Kier alpha value is -0.480. The maximum absolute atomic E-state index is 3.30. The zero-order valence-electron chi connectivity index (χ0n) is 5.78. The van der Waals surface area contributed by atoms with E-state index in [9.17, 15) is 0 Å². The fourth-order valence-corrected chi connectivity index (χ4v) is 1.12. The van der Waals surface area contributed by atoms with Gasteiger partial charge in [0, 0.05) is 0 Å². The molecule has 0 aliphatic heterocycles. The molecule has 0 aromatic carbocycles. The molecule has 0 saturated heterocycles. The van der Waals surface area contributed by atoms with Gasteiger partial charge in [0.25, 0.3) is 0 Å². The predicted octanol–water partition coefficient (Wildman–Crippen LogP) is 2.52. The molecule has 0 N–H and O–H groups in total. The largest absolute Gasteiger partial charge is 0.123 e. The van der Waals surface area contributed by atoms with Gasteiger partial charge in [-0.1, -0.05) is 6.92 Å². The van der Waals surface area contributed by atoms with Crippen LogP contribution in [0.1, 0.15) is 27.2 Å². The van der Waals surface area contributed by atoms with E-state index in [4.69, 9.17) is 0 Å². The van der Waals surface area contributed by atoms with Crippen LogP contribution in [0.3, 0.4) is 0 Å². The number of rotatable bonds is 0. The van der Waals surface area contributed by atoms with E-state index >= 15 is 0 Å². The highest BCUT2D eigenvalue weighted by molar-refractivity contribution is 5.17. The fourth-order valence-electron chi connectivity index (χ4n) is 1.12. The Kier molecular flexibility index (Phi) is 1.27. The van der Waals surface area contributed by atoms with E-state index in [0.29, 0.717) is 0 Å². The van der Waals surface area contributed by atoms with Crippen LogP contribution >= 0.6 is 0 Å². The van der Waals surface area contributed by atoms with E-state index in [1.54, 1.807) is 0 Å². The van der Waals surface area contributed by atoms with Crippen molar-refractivity contribution in [2.45, 2.75) is 27.2 Å². The van der Waals surface area contributed by atoms with E-state index in [2.05, 4.69) is 26.5 Å². The van der Waals surface area contributed by atoms with Crippen LogP contribution in [0, 0.1) is 5.92 Å². The van der Waals surface area contributed by atoms with Crippen molar-refractivity contribution < 1.29 is 0 Å². The predicted molar refractivity (Wildman–Crippen MR) is 35.7 cm³/mol. The molecule has 0 bridgehead atoms. The van der Waals surface area contributed by atoms with Crippen molar-refractivity contribution >= 4 is 0 Å². The first-order valence-corrected chi connectivity index (χ1v) is 3.13. The standard InChI is InChI=1S/C8H12/c1-6-4-7(2)8(3)5-6/h7H,4H2,1-3H3. The van der Waals surface area contributed by atoms with Gasteiger partial charge >= 0.3 is 0 Å². The first-order valence-electron chi connectivity index (χ1n) is 3.13. The molecule has 1 aliphatic rings. The van der Waals surface area contributed by atoms with E-state index in [-0.39, 0.29) is 0 Å². The Morgan fingerprint density at radius 3 is 2.25 bits per heavy atom. The van der Waals surface area contributed by atoms with Gasteiger partial charge in [0.2, 0.25) is 0 Å². The highest BCUT2D eigenvalue weighted by Gasteiger charge is 2.09. The molecule has 1 atom stereocenters. The van der Waals surface area contributed by atoms with Gasteiger partial charge in [0.1, 0.15) is 0 Å². The molecule has 0 spiro atoms. The Morgan fingerprint density at radius 2 is 2.12 bits per heavy atom. The van der Waals surface area contributed by atoms with Gasteiger partial charge in [0.15, 0.2) is 0 Å². The summed E-state index contributed by atoms with van der Waals surface area (Å²) in [4.78, 5) is 0. The Morgan fingerprint density at radius 1 is 1.50 bits per heavy atom. The normalized spacial score (nSPS) is 27.6.